The van der Waals surface area contributed by atoms with Gasteiger partial charge in [-0.15, -0.1) is 0 Å². The van der Waals surface area contributed by atoms with Gasteiger partial charge in [-0.05, 0) is 47.9 Å². The number of fused-ring (bicyclic) bond motifs is 1. The van der Waals surface area contributed by atoms with Crippen molar-refractivity contribution in [3.63, 3.8) is 0 Å². The maximum absolute atomic E-state index is 13.3. The van der Waals surface area contributed by atoms with Crippen LogP contribution in [0.4, 0.5) is 4.39 Å². The Hall–Kier alpha value is -3.19. The number of H-pyrrole nitrogens is 1. The Kier molecular flexibility index (Phi) is 4.83. The van der Waals surface area contributed by atoms with E-state index in [2.05, 4.69) is 15.6 Å². The van der Waals surface area contributed by atoms with Crippen LogP contribution in [0.25, 0.3) is 22.2 Å². The largest absolute Gasteiger partial charge is 0.389 e. The molecule has 3 aromatic rings. The summed E-state index contributed by atoms with van der Waals surface area (Å²) < 4.78 is 13.3. The smallest absolute Gasteiger partial charge is 0.245 e. The van der Waals surface area contributed by atoms with Gasteiger partial charge in [0.2, 0.25) is 11.8 Å². The molecule has 4 rings (SSSR count). The molecule has 2 heterocycles. The van der Waals surface area contributed by atoms with E-state index >= 15 is 0 Å². The fraction of sp³-hybridized carbons (Fsp3) is 0.238. The Balaban J connectivity index is 1.57. The molecular weight excluding hydrogens is 361 g/mol. The number of hydrogen-bond acceptors (Lipinski definition) is 3. The number of carbonyl (C=O) groups is 2. The third-order valence-corrected chi connectivity index (χ3v) is 5.02. The topological polar surface area (TPSA) is 94.2 Å². The van der Waals surface area contributed by atoms with Crippen LogP contribution in [-0.4, -0.2) is 40.6 Å². The number of aryl methyl sites for hydroxylation is 1. The summed E-state index contributed by atoms with van der Waals surface area (Å²) in [5, 5.41) is 15.9. The van der Waals surface area contributed by atoms with Gasteiger partial charge in [-0.1, -0.05) is 18.2 Å². The molecule has 2 amide bonds. The minimum absolute atomic E-state index is 0.140. The third kappa shape index (κ3) is 3.48. The number of β-amino-alcohol motifs (C(OH)–C–C–N with tert-alkyl or cyclic N) is 1. The molecule has 0 bridgehead atoms. The van der Waals surface area contributed by atoms with Crippen LogP contribution in [0.5, 0.6) is 0 Å². The first kappa shape index (κ1) is 18.2. The van der Waals surface area contributed by atoms with E-state index in [0.717, 1.165) is 27.7 Å². The highest BCUT2D eigenvalue weighted by Crippen LogP contribution is 2.31. The highest BCUT2D eigenvalue weighted by Gasteiger charge is 2.34. The van der Waals surface area contributed by atoms with Crippen LogP contribution in [0, 0.1) is 5.82 Å². The first-order valence-electron chi connectivity index (χ1n) is 9.13. The zero-order chi connectivity index (χ0) is 19.7. The van der Waals surface area contributed by atoms with Gasteiger partial charge < -0.3 is 20.7 Å². The number of halogens is 1. The molecule has 0 saturated carbocycles. The second-order valence-electron chi connectivity index (χ2n) is 6.89. The Bertz CT molecular complexity index is 1030. The van der Waals surface area contributed by atoms with Crippen LogP contribution in [0.3, 0.4) is 0 Å². The lowest BCUT2D eigenvalue weighted by atomic mass is 10.0. The minimum Gasteiger partial charge on any atom is -0.389 e. The van der Waals surface area contributed by atoms with Gasteiger partial charge in [-0.25, -0.2) is 4.39 Å². The summed E-state index contributed by atoms with van der Waals surface area (Å²) in [5.74, 6) is -0.995. The second-order valence-corrected chi connectivity index (χ2v) is 6.89. The molecule has 2 atom stereocenters. The fourth-order valence-electron chi connectivity index (χ4n) is 3.58. The van der Waals surface area contributed by atoms with Crippen molar-refractivity contribution in [3.05, 3.63) is 59.9 Å². The number of aliphatic hydroxyl groups is 1. The van der Waals surface area contributed by atoms with Crippen LogP contribution < -0.4 is 10.6 Å². The van der Waals surface area contributed by atoms with Gasteiger partial charge in [0, 0.05) is 29.6 Å². The number of hydrogen-bond donors (Lipinski definition) is 4. The molecule has 2 aromatic carbocycles. The van der Waals surface area contributed by atoms with Crippen molar-refractivity contribution in [1.82, 2.24) is 15.6 Å². The maximum atomic E-state index is 13.3. The van der Waals surface area contributed by atoms with E-state index in [1.54, 1.807) is 12.1 Å². The lowest BCUT2D eigenvalue weighted by Gasteiger charge is -2.13. The second kappa shape index (κ2) is 7.44. The van der Waals surface area contributed by atoms with Crippen LogP contribution in [0.1, 0.15) is 12.0 Å². The number of aromatic amines is 1. The van der Waals surface area contributed by atoms with Crippen molar-refractivity contribution in [2.75, 3.05) is 6.54 Å². The molecule has 144 valence electrons. The van der Waals surface area contributed by atoms with Crippen molar-refractivity contribution < 1.29 is 19.1 Å². The van der Waals surface area contributed by atoms with Gasteiger partial charge in [0.25, 0.3) is 0 Å². The molecule has 0 spiro atoms. The van der Waals surface area contributed by atoms with E-state index in [1.807, 2.05) is 24.3 Å². The third-order valence-electron chi connectivity index (χ3n) is 5.02. The van der Waals surface area contributed by atoms with E-state index in [-0.39, 0.29) is 30.6 Å². The molecule has 1 saturated heterocycles. The minimum atomic E-state index is -0.917. The van der Waals surface area contributed by atoms with E-state index in [0.29, 0.717) is 6.42 Å². The summed E-state index contributed by atoms with van der Waals surface area (Å²) in [5.41, 5.74) is 3.56. The summed E-state index contributed by atoms with van der Waals surface area (Å²) in [6.45, 7) is 0.140. The summed E-state index contributed by atoms with van der Waals surface area (Å²) in [6.07, 6.45) is -0.321. The Morgan fingerprint density at radius 3 is 2.64 bits per heavy atom. The fourth-order valence-corrected chi connectivity index (χ4v) is 3.58. The molecule has 7 heteroatoms. The summed E-state index contributed by atoms with van der Waals surface area (Å²) >= 11 is 0. The number of amides is 2. The number of nitrogens with one attached hydrogen (secondary N) is 3. The molecule has 1 aliphatic heterocycles. The average molecular weight is 381 g/mol. The van der Waals surface area contributed by atoms with E-state index in [4.69, 9.17) is 0 Å². The molecule has 1 aliphatic rings. The van der Waals surface area contributed by atoms with Crippen molar-refractivity contribution in [1.29, 1.82) is 0 Å². The van der Waals surface area contributed by atoms with Gasteiger partial charge in [0.1, 0.15) is 18.0 Å². The Morgan fingerprint density at radius 1 is 1.18 bits per heavy atom. The van der Waals surface area contributed by atoms with Gasteiger partial charge >= 0.3 is 0 Å². The predicted molar refractivity (Wildman–Crippen MR) is 103 cm³/mol. The molecule has 1 aromatic heterocycles. The number of rotatable bonds is 5. The van der Waals surface area contributed by atoms with Gasteiger partial charge in [0.05, 0.1) is 0 Å². The zero-order valence-electron chi connectivity index (χ0n) is 15.0. The number of carbonyl (C=O) groups excluding carboxylic acids is 2. The van der Waals surface area contributed by atoms with E-state index in [1.165, 1.54) is 12.1 Å². The predicted octanol–water partition coefficient (Wildman–Crippen LogP) is 1.88. The van der Waals surface area contributed by atoms with Crippen LogP contribution >= 0.6 is 0 Å². The van der Waals surface area contributed by atoms with Crippen LogP contribution in [-0.2, 0) is 16.0 Å². The number of benzene rings is 2. The molecule has 0 unspecified atom stereocenters. The molecule has 1 fully saturated rings. The van der Waals surface area contributed by atoms with Crippen LogP contribution in [0.2, 0.25) is 0 Å². The normalized spacial score (nSPS) is 19.0. The zero-order valence-corrected chi connectivity index (χ0v) is 15.0. The Labute approximate surface area is 160 Å². The maximum Gasteiger partial charge on any atom is 0.245 e. The summed E-state index contributed by atoms with van der Waals surface area (Å²) in [7, 11) is 0. The molecule has 28 heavy (non-hydrogen) atoms. The number of para-hydroxylation sites is 1. The number of aliphatic hydroxyl groups excluding tert-OH is 1. The Morgan fingerprint density at radius 2 is 1.93 bits per heavy atom. The highest BCUT2D eigenvalue weighted by atomic mass is 19.1. The molecular formula is C21H20FN3O3. The number of aromatic nitrogens is 1. The highest BCUT2D eigenvalue weighted by molar-refractivity contribution is 5.92. The first-order chi connectivity index (χ1) is 13.5. The molecule has 4 N–H and O–H groups in total. The van der Waals surface area contributed by atoms with Crippen molar-refractivity contribution in [2.45, 2.75) is 25.0 Å². The SMILES string of the molecule is O=C(CCc1c(-c2ccc(F)cc2)[nH]c2ccccc12)N[C@@H]1C(=O)NC[C@H]1O. The van der Waals surface area contributed by atoms with Crippen molar-refractivity contribution in [3.8, 4) is 11.3 Å². The summed E-state index contributed by atoms with van der Waals surface area (Å²) in [6, 6.07) is 13.1. The van der Waals surface area contributed by atoms with E-state index < -0.39 is 12.1 Å². The summed E-state index contributed by atoms with van der Waals surface area (Å²) in [4.78, 5) is 27.4. The lowest BCUT2D eigenvalue weighted by Crippen LogP contribution is -2.45. The van der Waals surface area contributed by atoms with Gasteiger partial charge in [-0.3, -0.25) is 9.59 Å². The molecule has 0 aliphatic carbocycles. The van der Waals surface area contributed by atoms with Crippen molar-refractivity contribution in [2.24, 2.45) is 0 Å². The van der Waals surface area contributed by atoms with Gasteiger partial charge in [-0.2, -0.15) is 0 Å². The quantitative estimate of drug-likeness (QED) is 0.544. The first-order valence-corrected chi connectivity index (χ1v) is 9.13. The standard InChI is InChI=1S/C21H20FN3O3/c22-13-7-5-12(6-8-13)19-15(14-3-1-2-4-16(14)24-19)9-10-18(27)25-20-17(26)11-23-21(20)28/h1-8,17,20,24,26H,9-11H2,(H,23,28)(H,25,27)/t17-,20+/m1/s1. The monoisotopic (exact) mass is 381 g/mol. The average Bonchev–Trinajstić information content (AvgIpc) is 3.22. The van der Waals surface area contributed by atoms with Gasteiger partial charge in [0.15, 0.2) is 0 Å². The molecule has 0 radical (unpaired) electrons. The molecule has 6 nitrogen and oxygen atoms in total. The lowest BCUT2D eigenvalue weighted by molar-refractivity contribution is -0.128. The van der Waals surface area contributed by atoms with Crippen molar-refractivity contribution >= 4 is 22.7 Å². The van der Waals surface area contributed by atoms with Crippen LogP contribution in [0.15, 0.2) is 48.5 Å². The van der Waals surface area contributed by atoms with E-state index in [9.17, 15) is 19.1 Å².